The van der Waals surface area contributed by atoms with Crippen LogP contribution in [0.1, 0.15) is 5.56 Å². The van der Waals surface area contributed by atoms with Crippen LogP contribution in [0.3, 0.4) is 0 Å². The molecule has 1 aromatic carbocycles. The number of hydrogen-bond donors (Lipinski definition) is 1. The van der Waals surface area contributed by atoms with Crippen molar-refractivity contribution in [3.63, 3.8) is 0 Å². The topological polar surface area (TPSA) is 37.5 Å². The fourth-order valence-corrected chi connectivity index (χ4v) is 2.56. The first-order valence-electron chi connectivity index (χ1n) is 5.60. The first kappa shape index (κ1) is 11.3. The van der Waals surface area contributed by atoms with Crippen LogP contribution in [0, 0.1) is 6.92 Å². The summed E-state index contributed by atoms with van der Waals surface area (Å²) >= 11 is 3.43. The number of imidazole rings is 1. The van der Waals surface area contributed by atoms with Gasteiger partial charge in [0.2, 0.25) is 0 Å². The van der Waals surface area contributed by atoms with Crippen molar-refractivity contribution in [3.05, 3.63) is 52.6 Å². The largest absolute Gasteiger partial charge is 0.494 e. The van der Waals surface area contributed by atoms with Gasteiger partial charge >= 0.3 is 0 Å². The normalized spacial score (nSPS) is 11.0. The second kappa shape index (κ2) is 4.14. The van der Waals surface area contributed by atoms with Gasteiger partial charge in [-0.15, -0.1) is 0 Å². The number of aromatic nitrogens is 2. The molecule has 1 N–H and O–H groups in total. The molecule has 0 unspecified atom stereocenters. The first-order valence-corrected chi connectivity index (χ1v) is 6.39. The van der Waals surface area contributed by atoms with Crippen molar-refractivity contribution in [2.45, 2.75) is 6.92 Å². The van der Waals surface area contributed by atoms with Crippen LogP contribution in [0.4, 0.5) is 0 Å². The maximum atomic E-state index is 10.0. The molecule has 3 rings (SSSR count). The van der Waals surface area contributed by atoms with E-state index in [0.717, 1.165) is 27.1 Å². The molecule has 0 aliphatic rings. The average molecular weight is 303 g/mol. The quantitative estimate of drug-likeness (QED) is 0.743. The molecule has 0 atom stereocenters. The summed E-state index contributed by atoms with van der Waals surface area (Å²) in [5, 5.41) is 10.0. The molecule has 2 aromatic heterocycles. The van der Waals surface area contributed by atoms with Gasteiger partial charge in [-0.1, -0.05) is 30.3 Å². The van der Waals surface area contributed by atoms with Crippen LogP contribution in [-0.4, -0.2) is 14.5 Å². The van der Waals surface area contributed by atoms with Gasteiger partial charge < -0.3 is 5.11 Å². The molecule has 2 heterocycles. The minimum atomic E-state index is 0.184. The maximum Gasteiger partial charge on any atom is 0.197 e. The predicted octanol–water partition coefficient (Wildman–Crippen LogP) is 3.78. The second-order valence-corrected chi connectivity index (χ2v) is 4.90. The summed E-state index contributed by atoms with van der Waals surface area (Å²) in [6.45, 7) is 2.03. The van der Waals surface area contributed by atoms with E-state index < -0.39 is 0 Å². The number of aromatic hydroxyl groups is 1. The number of benzene rings is 1. The molecule has 0 spiro atoms. The van der Waals surface area contributed by atoms with Gasteiger partial charge in [-0.25, -0.2) is 4.98 Å². The molecule has 18 heavy (non-hydrogen) atoms. The van der Waals surface area contributed by atoms with Gasteiger partial charge in [0, 0.05) is 5.56 Å². The number of rotatable bonds is 1. The SMILES string of the molecule is Cc1ccccc1-c1nc(Br)c2cccc(O)n12. The minimum Gasteiger partial charge on any atom is -0.494 e. The van der Waals surface area contributed by atoms with Crippen molar-refractivity contribution in [2.75, 3.05) is 0 Å². The van der Waals surface area contributed by atoms with E-state index in [1.54, 1.807) is 16.5 Å². The van der Waals surface area contributed by atoms with E-state index >= 15 is 0 Å². The number of nitrogens with zero attached hydrogens (tertiary/aromatic N) is 2. The Balaban J connectivity index is 2.41. The van der Waals surface area contributed by atoms with Crippen molar-refractivity contribution >= 4 is 21.4 Å². The monoisotopic (exact) mass is 302 g/mol. The van der Waals surface area contributed by atoms with E-state index in [1.807, 2.05) is 37.3 Å². The zero-order valence-electron chi connectivity index (χ0n) is 9.76. The molecule has 0 aliphatic heterocycles. The summed E-state index contributed by atoms with van der Waals surface area (Å²) in [5.41, 5.74) is 2.99. The highest BCUT2D eigenvalue weighted by molar-refractivity contribution is 9.10. The van der Waals surface area contributed by atoms with Crippen molar-refractivity contribution in [3.8, 4) is 17.3 Å². The summed E-state index contributed by atoms with van der Waals surface area (Å²) in [5.74, 6) is 0.928. The summed E-state index contributed by atoms with van der Waals surface area (Å²) in [6.07, 6.45) is 0. The third-order valence-electron chi connectivity index (χ3n) is 2.98. The summed E-state index contributed by atoms with van der Waals surface area (Å²) in [6, 6.07) is 13.4. The lowest BCUT2D eigenvalue weighted by Gasteiger charge is -2.06. The van der Waals surface area contributed by atoms with Gasteiger partial charge in [-0.05, 0) is 40.5 Å². The molecule has 0 radical (unpaired) electrons. The van der Waals surface area contributed by atoms with E-state index in [4.69, 9.17) is 0 Å². The van der Waals surface area contributed by atoms with Gasteiger partial charge in [0.25, 0.3) is 0 Å². The molecule has 4 heteroatoms. The average Bonchev–Trinajstić information content (AvgIpc) is 2.69. The lowest BCUT2D eigenvalue weighted by molar-refractivity contribution is 0.447. The van der Waals surface area contributed by atoms with Gasteiger partial charge in [0.05, 0.1) is 5.52 Å². The third-order valence-corrected chi connectivity index (χ3v) is 3.57. The first-order chi connectivity index (χ1) is 8.68. The Morgan fingerprint density at radius 2 is 1.89 bits per heavy atom. The highest BCUT2D eigenvalue weighted by Gasteiger charge is 2.14. The van der Waals surface area contributed by atoms with Crippen LogP contribution in [-0.2, 0) is 0 Å². The molecular formula is C14H11BrN2O. The highest BCUT2D eigenvalue weighted by Crippen LogP contribution is 2.31. The van der Waals surface area contributed by atoms with Gasteiger partial charge in [-0.2, -0.15) is 0 Å². The summed E-state index contributed by atoms with van der Waals surface area (Å²) in [4.78, 5) is 4.50. The summed E-state index contributed by atoms with van der Waals surface area (Å²) < 4.78 is 2.48. The Morgan fingerprint density at radius 3 is 2.67 bits per heavy atom. The van der Waals surface area contributed by atoms with Gasteiger partial charge in [0.1, 0.15) is 10.4 Å². The van der Waals surface area contributed by atoms with E-state index in [1.165, 1.54) is 0 Å². The van der Waals surface area contributed by atoms with E-state index in [-0.39, 0.29) is 5.88 Å². The number of fused-ring (bicyclic) bond motifs is 1. The molecule has 0 fully saturated rings. The van der Waals surface area contributed by atoms with Crippen molar-refractivity contribution in [1.82, 2.24) is 9.38 Å². The van der Waals surface area contributed by atoms with Crippen molar-refractivity contribution in [2.24, 2.45) is 0 Å². The van der Waals surface area contributed by atoms with Crippen LogP contribution in [0.5, 0.6) is 5.88 Å². The maximum absolute atomic E-state index is 10.0. The molecule has 0 aliphatic carbocycles. The molecular weight excluding hydrogens is 292 g/mol. The van der Waals surface area contributed by atoms with E-state index in [2.05, 4.69) is 20.9 Å². The molecule has 3 aromatic rings. The Hall–Kier alpha value is -1.81. The molecule has 90 valence electrons. The van der Waals surface area contributed by atoms with Crippen LogP contribution >= 0.6 is 15.9 Å². The third kappa shape index (κ3) is 1.61. The van der Waals surface area contributed by atoms with Crippen LogP contribution < -0.4 is 0 Å². The lowest BCUT2D eigenvalue weighted by Crippen LogP contribution is -1.92. The number of halogens is 1. The fourth-order valence-electron chi connectivity index (χ4n) is 2.09. The van der Waals surface area contributed by atoms with Gasteiger partial charge in [-0.3, -0.25) is 4.40 Å². The Labute approximate surface area is 113 Å². The van der Waals surface area contributed by atoms with Crippen LogP contribution in [0.15, 0.2) is 47.1 Å². The molecule has 3 nitrogen and oxygen atoms in total. The zero-order valence-corrected chi connectivity index (χ0v) is 11.3. The lowest BCUT2D eigenvalue weighted by atomic mass is 10.1. The predicted molar refractivity (Wildman–Crippen MR) is 74.7 cm³/mol. The van der Waals surface area contributed by atoms with Crippen molar-refractivity contribution < 1.29 is 5.11 Å². The number of pyridine rings is 1. The number of hydrogen-bond acceptors (Lipinski definition) is 2. The second-order valence-electron chi connectivity index (χ2n) is 4.15. The van der Waals surface area contributed by atoms with E-state index in [9.17, 15) is 5.11 Å². The van der Waals surface area contributed by atoms with Crippen molar-refractivity contribution in [1.29, 1.82) is 0 Å². The van der Waals surface area contributed by atoms with Crippen LogP contribution in [0.2, 0.25) is 0 Å². The van der Waals surface area contributed by atoms with Gasteiger partial charge in [0.15, 0.2) is 5.88 Å². The molecule has 0 amide bonds. The fraction of sp³-hybridized carbons (Fsp3) is 0.0714. The highest BCUT2D eigenvalue weighted by atomic mass is 79.9. The Kier molecular flexibility index (Phi) is 2.59. The Morgan fingerprint density at radius 1 is 1.11 bits per heavy atom. The molecule has 0 saturated carbocycles. The van der Waals surface area contributed by atoms with Crippen LogP contribution in [0.25, 0.3) is 16.9 Å². The Bertz CT molecular complexity index is 734. The minimum absolute atomic E-state index is 0.184. The smallest absolute Gasteiger partial charge is 0.197 e. The van der Waals surface area contributed by atoms with E-state index in [0.29, 0.717) is 0 Å². The standard InChI is InChI=1S/C14H11BrN2O/c1-9-5-2-3-6-10(9)14-16-13(15)11-7-4-8-12(18)17(11)14/h2-8,18H,1H3. The molecule has 0 bridgehead atoms. The summed E-state index contributed by atoms with van der Waals surface area (Å²) in [7, 11) is 0. The number of aryl methyl sites for hydroxylation is 1. The molecule has 0 saturated heterocycles. The zero-order chi connectivity index (χ0) is 12.7.